The van der Waals surface area contributed by atoms with Crippen LogP contribution in [0.5, 0.6) is 5.75 Å². The van der Waals surface area contributed by atoms with E-state index in [4.69, 9.17) is 16.7 Å². The highest BCUT2D eigenvalue weighted by Gasteiger charge is 2.12. The van der Waals surface area contributed by atoms with E-state index in [0.29, 0.717) is 17.3 Å². The van der Waals surface area contributed by atoms with Gasteiger partial charge in [-0.15, -0.1) is 0 Å². The van der Waals surface area contributed by atoms with Crippen molar-refractivity contribution in [3.63, 3.8) is 0 Å². The molecule has 0 spiro atoms. The van der Waals surface area contributed by atoms with Crippen molar-refractivity contribution in [1.29, 1.82) is 0 Å². The topological polar surface area (TPSA) is 93.2 Å². The summed E-state index contributed by atoms with van der Waals surface area (Å²) in [5, 5.41) is 24.3. The number of amides is 1. The molecule has 0 aliphatic carbocycles. The fourth-order valence-corrected chi connectivity index (χ4v) is 3.88. The molecule has 1 amide bonds. The molecule has 0 bridgehead atoms. The van der Waals surface area contributed by atoms with Gasteiger partial charge in [-0.3, -0.25) is 14.6 Å². The number of carbonyl (C=O) groups is 1. The second kappa shape index (κ2) is 8.79. The fraction of sp³-hybridized carbons (Fsp3) is 0.0909. The molecule has 0 aliphatic heterocycles. The van der Waals surface area contributed by atoms with Gasteiger partial charge in [0.1, 0.15) is 5.75 Å². The highest BCUT2D eigenvalue weighted by Crippen LogP contribution is 2.29. The number of phenolic OH excluding ortho intramolecular Hbond substituents is 1. The van der Waals surface area contributed by atoms with Gasteiger partial charge in [-0.2, -0.15) is 5.10 Å². The summed E-state index contributed by atoms with van der Waals surface area (Å²) in [5.74, 6) is 0.0577. The van der Waals surface area contributed by atoms with E-state index in [1.165, 1.54) is 0 Å². The van der Waals surface area contributed by atoms with Crippen LogP contribution >= 0.6 is 23.5 Å². The van der Waals surface area contributed by atoms with E-state index in [-0.39, 0.29) is 18.1 Å². The monoisotopic (exact) mass is 438 g/mol. The van der Waals surface area contributed by atoms with Gasteiger partial charge in [-0.05, 0) is 53.4 Å². The maximum atomic E-state index is 12.5. The van der Waals surface area contributed by atoms with Crippen molar-refractivity contribution < 1.29 is 9.90 Å². The van der Waals surface area contributed by atoms with Gasteiger partial charge in [0.05, 0.1) is 18.5 Å². The first-order valence-corrected chi connectivity index (χ1v) is 10.5. The number of nitrogens with two attached hydrogens (primary N) is 1. The quantitative estimate of drug-likeness (QED) is 0.383. The van der Waals surface area contributed by atoms with Gasteiger partial charge >= 0.3 is 0 Å². The lowest BCUT2D eigenvalue weighted by Gasteiger charge is -2.08. The number of benzene rings is 3. The number of rotatable bonds is 6. The minimum atomic E-state index is -0.168. The maximum absolute atomic E-state index is 12.5. The van der Waals surface area contributed by atoms with Crippen molar-refractivity contribution in [2.24, 2.45) is 5.14 Å². The van der Waals surface area contributed by atoms with Crippen molar-refractivity contribution in [2.75, 3.05) is 5.32 Å². The number of hydrogen-bond donors (Lipinski definition) is 3. The first-order valence-electron chi connectivity index (χ1n) is 9.21. The predicted octanol–water partition coefficient (Wildman–Crippen LogP) is 4.59. The zero-order chi connectivity index (χ0) is 21.1. The van der Waals surface area contributed by atoms with Crippen LogP contribution in [0.15, 0.2) is 71.8 Å². The highest BCUT2D eigenvalue weighted by atomic mass is 35.5. The Hall–Kier alpha value is -3.00. The van der Waals surface area contributed by atoms with E-state index in [1.54, 1.807) is 18.2 Å². The molecule has 8 heteroatoms. The first kappa shape index (κ1) is 20.3. The summed E-state index contributed by atoms with van der Waals surface area (Å²) >= 11 is 7.26. The predicted molar refractivity (Wildman–Crippen MR) is 121 cm³/mol. The number of nitrogens with one attached hydrogen (secondary N) is 1. The Labute approximate surface area is 182 Å². The van der Waals surface area contributed by atoms with Crippen molar-refractivity contribution >= 4 is 46.0 Å². The van der Waals surface area contributed by atoms with Crippen molar-refractivity contribution in [3.05, 3.63) is 83.0 Å². The number of hydrogen-bond acceptors (Lipinski definition) is 5. The lowest BCUT2D eigenvalue weighted by molar-refractivity contribution is -0.115. The van der Waals surface area contributed by atoms with E-state index in [1.807, 2.05) is 53.3 Å². The van der Waals surface area contributed by atoms with Crippen LogP contribution in [0, 0.1) is 0 Å². The van der Waals surface area contributed by atoms with Crippen molar-refractivity contribution in [1.82, 2.24) is 9.78 Å². The molecule has 0 fully saturated rings. The van der Waals surface area contributed by atoms with E-state index in [2.05, 4.69) is 10.4 Å². The van der Waals surface area contributed by atoms with Gasteiger partial charge in [-0.25, -0.2) is 0 Å². The third-order valence-electron chi connectivity index (χ3n) is 4.64. The molecule has 4 aromatic rings. The van der Waals surface area contributed by atoms with E-state index < -0.39 is 0 Å². The Morgan fingerprint density at radius 2 is 1.93 bits per heavy atom. The Morgan fingerprint density at radius 3 is 2.67 bits per heavy atom. The number of aromatic hydroxyl groups is 1. The smallest absolute Gasteiger partial charge is 0.228 e. The zero-order valence-electron chi connectivity index (χ0n) is 15.9. The van der Waals surface area contributed by atoms with Crippen molar-refractivity contribution in [2.45, 2.75) is 17.9 Å². The molecule has 0 saturated carbocycles. The minimum absolute atomic E-state index is 0.168. The average molecular weight is 439 g/mol. The molecule has 3 aromatic carbocycles. The number of phenols is 1. The molecule has 30 heavy (non-hydrogen) atoms. The molecule has 4 N–H and O–H groups in total. The van der Waals surface area contributed by atoms with Gasteiger partial charge in [-0.1, -0.05) is 41.9 Å². The summed E-state index contributed by atoms with van der Waals surface area (Å²) < 4.78 is 1.81. The summed E-state index contributed by atoms with van der Waals surface area (Å²) in [6.07, 6.45) is 2.10. The molecule has 4 rings (SSSR count). The SMILES string of the molecule is NSc1cc(NC(=O)Cc2ccccc2Cl)cc2nn(Cc3ccc(O)cc3)cc12. The van der Waals surface area contributed by atoms with Crippen LogP contribution in [0.2, 0.25) is 5.02 Å². The average Bonchev–Trinajstić information content (AvgIpc) is 3.13. The van der Waals surface area contributed by atoms with Crippen LogP contribution in [-0.4, -0.2) is 20.8 Å². The molecule has 0 saturated heterocycles. The van der Waals surface area contributed by atoms with Crippen LogP contribution in [0.1, 0.15) is 11.1 Å². The number of aromatic nitrogens is 2. The van der Waals surface area contributed by atoms with Crippen LogP contribution in [-0.2, 0) is 17.8 Å². The Balaban J connectivity index is 1.56. The van der Waals surface area contributed by atoms with Crippen LogP contribution < -0.4 is 10.5 Å². The van der Waals surface area contributed by atoms with Gasteiger partial charge in [0.2, 0.25) is 5.91 Å². The second-order valence-electron chi connectivity index (χ2n) is 6.83. The molecule has 152 valence electrons. The lowest BCUT2D eigenvalue weighted by atomic mass is 10.1. The van der Waals surface area contributed by atoms with Crippen LogP contribution in [0.3, 0.4) is 0 Å². The maximum Gasteiger partial charge on any atom is 0.228 e. The van der Waals surface area contributed by atoms with Gasteiger partial charge in [0.15, 0.2) is 0 Å². The largest absolute Gasteiger partial charge is 0.508 e. The minimum Gasteiger partial charge on any atom is -0.508 e. The Kier molecular flexibility index (Phi) is 5.94. The van der Waals surface area contributed by atoms with E-state index >= 15 is 0 Å². The molecule has 1 aromatic heterocycles. The summed E-state index contributed by atoms with van der Waals surface area (Å²) in [6.45, 7) is 0.553. The molecule has 0 radical (unpaired) electrons. The molecule has 1 heterocycles. The number of carbonyl (C=O) groups excluding carboxylic acids is 1. The van der Waals surface area contributed by atoms with Crippen molar-refractivity contribution in [3.8, 4) is 5.75 Å². The zero-order valence-corrected chi connectivity index (χ0v) is 17.5. The number of anilines is 1. The summed E-state index contributed by atoms with van der Waals surface area (Å²) in [6, 6.07) is 17.9. The third kappa shape index (κ3) is 4.59. The van der Waals surface area contributed by atoms with E-state index in [9.17, 15) is 9.90 Å². The number of nitrogens with zero attached hydrogens (tertiary/aromatic N) is 2. The fourth-order valence-electron chi connectivity index (χ4n) is 3.20. The normalized spacial score (nSPS) is 11.0. The molecule has 0 atom stereocenters. The molecule has 6 nitrogen and oxygen atoms in total. The second-order valence-corrected chi connectivity index (χ2v) is 7.92. The van der Waals surface area contributed by atoms with E-state index in [0.717, 1.165) is 38.9 Å². The summed E-state index contributed by atoms with van der Waals surface area (Å²) in [7, 11) is 0. The third-order valence-corrected chi connectivity index (χ3v) is 5.60. The summed E-state index contributed by atoms with van der Waals surface area (Å²) in [5.41, 5.74) is 3.14. The summed E-state index contributed by atoms with van der Waals surface area (Å²) in [4.78, 5) is 13.3. The standard InChI is InChI=1S/C22H19ClN4O2S/c23-19-4-2-1-3-15(19)9-22(29)25-16-10-20-18(21(11-16)30-24)13-27(26-20)12-14-5-7-17(28)8-6-14/h1-8,10-11,13,28H,9,12,24H2,(H,25,29). The first-order chi connectivity index (χ1) is 14.5. The molecule has 0 aliphatic rings. The van der Waals surface area contributed by atoms with Crippen LogP contribution in [0.4, 0.5) is 5.69 Å². The Morgan fingerprint density at radius 1 is 1.17 bits per heavy atom. The Bertz CT molecular complexity index is 1210. The molecular formula is C22H19ClN4O2S. The van der Waals surface area contributed by atoms with Crippen LogP contribution in [0.25, 0.3) is 10.9 Å². The van der Waals surface area contributed by atoms with Gasteiger partial charge < -0.3 is 10.4 Å². The number of halogens is 1. The van der Waals surface area contributed by atoms with Gasteiger partial charge in [0.25, 0.3) is 0 Å². The molecule has 0 unspecified atom stereocenters. The molecular weight excluding hydrogens is 420 g/mol. The lowest BCUT2D eigenvalue weighted by Crippen LogP contribution is -2.14. The highest BCUT2D eigenvalue weighted by molar-refractivity contribution is 7.97. The number of fused-ring (bicyclic) bond motifs is 1. The van der Waals surface area contributed by atoms with Gasteiger partial charge in [0, 0.05) is 27.2 Å².